The van der Waals surface area contributed by atoms with Crippen molar-refractivity contribution in [2.24, 2.45) is 0 Å². The van der Waals surface area contributed by atoms with Gasteiger partial charge in [0.1, 0.15) is 0 Å². The quantitative estimate of drug-likeness (QED) is 0.683. The van der Waals surface area contributed by atoms with Gasteiger partial charge in [0.05, 0.1) is 15.5 Å². The van der Waals surface area contributed by atoms with Crippen LogP contribution in [-0.2, 0) is 0 Å². The summed E-state index contributed by atoms with van der Waals surface area (Å²) in [7, 11) is 0. The van der Waals surface area contributed by atoms with Gasteiger partial charge in [-0.05, 0) is 24.3 Å². The molecule has 0 atom stereocenters. The van der Waals surface area contributed by atoms with Gasteiger partial charge in [-0.3, -0.25) is 14.9 Å². The van der Waals surface area contributed by atoms with Crippen LogP contribution in [-0.4, -0.2) is 10.8 Å². The topological polar surface area (TPSA) is 72.2 Å². The fourth-order valence-electron chi connectivity index (χ4n) is 1.57. The number of nitro groups is 1. The first-order chi connectivity index (χ1) is 9.47. The third-order valence-corrected chi connectivity index (χ3v) is 3.05. The average Bonchev–Trinajstić information content (AvgIpc) is 2.38. The van der Waals surface area contributed by atoms with Crippen molar-refractivity contribution in [2.75, 3.05) is 5.32 Å². The normalized spacial score (nSPS) is 10.1. The number of hydrogen-bond acceptors (Lipinski definition) is 3. The summed E-state index contributed by atoms with van der Waals surface area (Å²) < 4.78 is 0. The summed E-state index contributed by atoms with van der Waals surface area (Å²) in [6.45, 7) is 0. The second-order valence-corrected chi connectivity index (χ2v) is 4.73. The highest BCUT2D eigenvalue weighted by Crippen LogP contribution is 2.23. The van der Waals surface area contributed by atoms with E-state index >= 15 is 0 Å². The lowest BCUT2D eigenvalue weighted by Crippen LogP contribution is -2.12. The SMILES string of the molecule is O=C(Nc1cccc(Cl)c1)c1cc([N+](=O)[O-])ccc1Cl. The van der Waals surface area contributed by atoms with Gasteiger partial charge < -0.3 is 5.32 Å². The van der Waals surface area contributed by atoms with Gasteiger partial charge in [-0.25, -0.2) is 0 Å². The molecule has 0 aliphatic heterocycles. The average molecular weight is 311 g/mol. The number of nitro benzene ring substituents is 1. The molecular weight excluding hydrogens is 303 g/mol. The molecule has 0 radical (unpaired) electrons. The van der Waals surface area contributed by atoms with E-state index in [1.807, 2.05) is 0 Å². The number of rotatable bonds is 3. The van der Waals surface area contributed by atoms with Crippen LogP contribution < -0.4 is 5.32 Å². The van der Waals surface area contributed by atoms with Crippen LogP contribution in [0.4, 0.5) is 11.4 Å². The standard InChI is InChI=1S/C13H8Cl2N2O3/c14-8-2-1-3-9(6-8)16-13(18)11-7-10(17(19)20)4-5-12(11)15/h1-7H,(H,16,18). The summed E-state index contributed by atoms with van der Waals surface area (Å²) >= 11 is 11.7. The van der Waals surface area contributed by atoms with Crippen molar-refractivity contribution in [3.05, 3.63) is 68.2 Å². The molecule has 0 aliphatic carbocycles. The number of hydrogen-bond donors (Lipinski definition) is 1. The van der Waals surface area contributed by atoms with Crippen LogP contribution in [0.25, 0.3) is 0 Å². The lowest BCUT2D eigenvalue weighted by molar-refractivity contribution is -0.384. The molecule has 102 valence electrons. The van der Waals surface area contributed by atoms with E-state index in [-0.39, 0.29) is 16.3 Å². The second-order valence-electron chi connectivity index (χ2n) is 3.89. The first-order valence-electron chi connectivity index (χ1n) is 5.48. The predicted molar refractivity (Wildman–Crippen MR) is 77.5 cm³/mol. The first kappa shape index (κ1) is 14.3. The Morgan fingerprint density at radius 3 is 2.55 bits per heavy atom. The zero-order valence-corrected chi connectivity index (χ0v) is 11.5. The van der Waals surface area contributed by atoms with Crippen molar-refractivity contribution in [1.29, 1.82) is 0 Å². The smallest absolute Gasteiger partial charge is 0.270 e. The summed E-state index contributed by atoms with van der Waals surface area (Å²) in [5, 5.41) is 13.9. The van der Waals surface area contributed by atoms with Crippen LogP contribution >= 0.6 is 23.2 Å². The van der Waals surface area contributed by atoms with Gasteiger partial charge in [0.2, 0.25) is 0 Å². The van der Waals surface area contributed by atoms with Crippen LogP contribution in [0.3, 0.4) is 0 Å². The maximum absolute atomic E-state index is 12.1. The van der Waals surface area contributed by atoms with E-state index in [0.29, 0.717) is 10.7 Å². The number of amides is 1. The molecule has 0 aliphatic rings. The number of halogens is 2. The highest BCUT2D eigenvalue weighted by molar-refractivity contribution is 6.34. The number of nitrogens with zero attached hydrogens (tertiary/aromatic N) is 1. The van der Waals surface area contributed by atoms with E-state index < -0.39 is 10.8 Å². The molecule has 2 aromatic rings. The van der Waals surface area contributed by atoms with Crippen LogP contribution in [0.15, 0.2) is 42.5 Å². The Labute approximate surface area is 124 Å². The van der Waals surface area contributed by atoms with Crippen molar-refractivity contribution in [2.45, 2.75) is 0 Å². The molecular formula is C13H8Cl2N2O3. The maximum atomic E-state index is 12.1. The molecule has 0 bridgehead atoms. The van der Waals surface area contributed by atoms with Gasteiger partial charge in [0, 0.05) is 22.8 Å². The Bertz CT molecular complexity index is 689. The van der Waals surface area contributed by atoms with Crippen molar-refractivity contribution in [3.63, 3.8) is 0 Å². The Kier molecular flexibility index (Phi) is 4.22. The zero-order valence-electron chi connectivity index (χ0n) is 9.97. The largest absolute Gasteiger partial charge is 0.322 e. The van der Waals surface area contributed by atoms with E-state index in [1.54, 1.807) is 24.3 Å². The Morgan fingerprint density at radius 1 is 1.15 bits per heavy atom. The molecule has 1 N–H and O–H groups in total. The highest BCUT2D eigenvalue weighted by atomic mass is 35.5. The van der Waals surface area contributed by atoms with E-state index in [9.17, 15) is 14.9 Å². The molecule has 20 heavy (non-hydrogen) atoms. The maximum Gasteiger partial charge on any atom is 0.270 e. The van der Waals surface area contributed by atoms with Crippen LogP contribution in [0.1, 0.15) is 10.4 Å². The molecule has 0 heterocycles. The van der Waals surface area contributed by atoms with E-state index in [4.69, 9.17) is 23.2 Å². The Hall–Kier alpha value is -2.11. The molecule has 5 nitrogen and oxygen atoms in total. The van der Waals surface area contributed by atoms with Gasteiger partial charge in [-0.2, -0.15) is 0 Å². The zero-order chi connectivity index (χ0) is 14.7. The van der Waals surface area contributed by atoms with Crippen molar-refractivity contribution in [3.8, 4) is 0 Å². The van der Waals surface area contributed by atoms with Gasteiger partial charge in [0.15, 0.2) is 0 Å². The summed E-state index contributed by atoms with van der Waals surface area (Å²) in [4.78, 5) is 22.2. The summed E-state index contributed by atoms with van der Waals surface area (Å²) in [6, 6.07) is 10.2. The lowest BCUT2D eigenvalue weighted by Gasteiger charge is -2.07. The Morgan fingerprint density at radius 2 is 1.90 bits per heavy atom. The fraction of sp³-hybridized carbons (Fsp3) is 0. The molecule has 0 saturated carbocycles. The highest BCUT2D eigenvalue weighted by Gasteiger charge is 2.16. The van der Waals surface area contributed by atoms with E-state index in [1.165, 1.54) is 12.1 Å². The summed E-state index contributed by atoms with van der Waals surface area (Å²) in [6.07, 6.45) is 0. The van der Waals surface area contributed by atoms with Crippen LogP contribution in [0.2, 0.25) is 10.0 Å². The minimum atomic E-state index is -0.591. The molecule has 0 fully saturated rings. The summed E-state index contributed by atoms with van der Waals surface area (Å²) in [5.41, 5.74) is 0.302. The van der Waals surface area contributed by atoms with Crippen molar-refractivity contribution in [1.82, 2.24) is 0 Å². The molecule has 0 spiro atoms. The molecule has 1 amide bonds. The Balaban J connectivity index is 2.29. The second kappa shape index (κ2) is 5.90. The minimum Gasteiger partial charge on any atom is -0.322 e. The van der Waals surface area contributed by atoms with Crippen LogP contribution in [0.5, 0.6) is 0 Å². The molecule has 2 aromatic carbocycles. The van der Waals surface area contributed by atoms with Gasteiger partial charge in [-0.15, -0.1) is 0 Å². The number of carbonyl (C=O) groups excluding carboxylic acids is 1. The van der Waals surface area contributed by atoms with Gasteiger partial charge in [-0.1, -0.05) is 29.3 Å². The van der Waals surface area contributed by atoms with Gasteiger partial charge in [0.25, 0.3) is 11.6 Å². The van der Waals surface area contributed by atoms with E-state index in [0.717, 1.165) is 6.07 Å². The number of carbonyl (C=O) groups is 1. The molecule has 0 saturated heterocycles. The van der Waals surface area contributed by atoms with E-state index in [2.05, 4.69) is 5.32 Å². The predicted octanol–water partition coefficient (Wildman–Crippen LogP) is 4.15. The molecule has 0 unspecified atom stereocenters. The molecule has 2 rings (SSSR count). The number of non-ortho nitro benzene ring substituents is 1. The number of anilines is 1. The monoisotopic (exact) mass is 310 g/mol. The third kappa shape index (κ3) is 3.26. The first-order valence-corrected chi connectivity index (χ1v) is 6.24. The fourth-order valence-corrected chi connectivity index (χ4v) is 1.96. The van der Waals surface area contributed by atoms with Crippen LogP contribution in [0, 0.1) is 10.1 Å². The lowest BCUT2D eigenvalue weighted by atomic mass is 10.2. The molecule has 7 heteroatoms. The van der Waals surface area contributed by atoms with Crippen molar-refractivity contribution >= 4 is 40.5 Å². The molecule has 0 aromatic heterocycles. The third-order valence-electron chi connectivity index (χ3n) is 2.49. The van der Waals surface area contributed by atoms with Crippen molar-refractivity contribution < 1.29 is 9.72 Å². The van der Waals surface area contributed by atoms with Gasteiger partial charge >= 0.3 is 0 Å². The number of nitrogens with one attached hydrogen (secondary N) is 1. The summed E-state index contributed by atoms with van der Waals surface area (Å²) in [5.74, 6) is -0.541. The number of benzene rings is 2. The minimum absolute atomic E-state index is 0.0286.